The summed E-state index contributed by atoms with van der Waals surface area (Å²) < 4.78 is 10.4. The maximum absolute atomic E-state index is 12.2. The molecule has 0 fully saturated rings. The van der Waals surface area contributed by atoms with Gasteiger partial charge in [-0.25, -0.2) is 0 Å². The molecule has 3 heteroatoms. The van der Waals surface area contributed by atoms with Gasteiger partial charge >= 0.3 is 5.97 Å². The van der Waals surface area contributed by atoms with Crippen molar-refractivity contribution < 1.29 is 14.3 Å². The van der Waals surface area contributed by atoms with Crippen LogP contribution in [0.1, 0.15) is 24.0 Å². The molecular weight excluding hydrogens is 264 g/mol. The second kappa shape index (κ2) is 7.48. The van der Waals surface area contributed by atoms with Crippen LogP contribution in [0.5, 0.6) is 5.75 Å². The van der Waals surface area contributed by atoms with Crippen molar-refractivity contribution in [1.82, 2.24) is 0 Å². The van der Waals surface area contributed by atoms with Gasteiger partial charge in [-0.15, -0.1) is 0 Å². The predicted molar refractivity (Wildman–Crippen MR) is 82.5 cm³/mol. The van der Waals surface area contributed by atoms with E-state index >= 15 is 0 Å². The predicted octanol–water partition coefficient (Wildman–Crippen LogP) is 3.58. The number of methoxy groups -OCH3 is 1. The lowest BCUT2D eigenvalue weighted by Gasteiger charge is -2.16. The molecule has 1 atom stereocenters. The molecule has 0 bridgehead atoms. The van der Waals surface area contributed by atoms with E-state index in [9.17, 15) is 4.79 Å². The van der Waals surface area contributed by atoms with E-state index in [1.165, 1.54) is 0 Å². The third-order valence-corrected chi connectivity index (χ3v) is 3.37. The third kappa shape index (κ3) is 4.09. The molecule has 0 saturated heterocycles. The summed E-state index contributed by atoms with van der Waals surface area (Å²) in [5.41, 5.74) is 2.06. The fourth-order valence-electron chi connectivity index (χ4n) is 2.27. The second-order valence-corrected chi connectivity index (χ2v) is 4.77. The van der Waals surface area contributed by atoms with Crippen LogP contribution >= 0.6 is 0 Å². The Balaban J connectivity index is 2.24. The molecule has 2 rings (SSSR count). The average molecular weight is 284 g/mol. The highest BCUT2D eigenvalue weighted by Gasteiger charge is 2.22. The zero-order valence-electron chi connectivity index (χ0n) is 12.4. The van der Waals surface area contributed by atoms with E-state index in [-0.39, 0.29) is 11.9 Å². The van der Waals surface area contributed by atoms with Crippen molar-refractivity contribution in [2.45, 2.75) is 19.3 Å². The second-order valence-electron chi connectivity index (χ2n) is 4.77. The van der Waals surface area contributed by atoms with Gasteiger partial charge in [0, 0.05) is 0 Å². The highest BCUT2D eigenvalue weighted by atomic mass is 16.5. The number of ether oxygens (including phenoxy) is 2. The summed E-state index contributed by atoms with van der Waals surface area (Å²) in [6.45, 7) is 2.21. The van der Waals surface area contributed by atoms with Crippen LogP contribution in [-0.2, 0) is 16.0 Å². The molecule has 0 aromatic heterocycles. The molecule has 2 aromatic rings. The van der Waals surface area contributed by atoms with Gasteiger partial charge in [-0.1, -0.05) is 42.5 Å². The van der Waals surface area contributed by atoms with E-state index < -0.39 is 0 Å². The summed E-state index contributed by atoms with van der Waals surface area (Å²) in [4.78, 5) is 12.2. The molecule has 0 aliphatic carbocycles. The van der Waals surface area contributed by atoms with Crippen LogP contribution in [0.25, 0.3) is 0 Å². The van der Waals surface area contributed by atoms with Crippen molar-refractivity contribution in [1.29, 1.82) is 0 Å². The molecule has 0 spiro atoms. The average Bonchev–Trinajstić information content (AvgIpc) is 2.54. The van der Waals surface area contributed by atoms with Crippen molar-refractivity contribution in [3.63, 3.8) is 0 Å². The van der Waals surface area contributed by atoms with Gasteiger partial charge in [0.1, 0.15) is 5.75 Å². The van der Waals surface area contributed by atoms with Crippen LogP contribution in [0.4, 0.5) is 0 Å². The standard InChI is InChI=1S/C18H20O3/c1-3-21-18(19)17(13-14-7-5-4-6-8-14)15-9-11-16(20-2)12-10-15/h4-12,17H,3,13H2,1-2H3. The summed E-state index contributed by atoms with van der Waals surface area (Å²) >= 11 is 0. The van der Waals surface area contributed by atoms with Crippen LogP contribution in [0.15, 0.2) is 54.6 Å². The number of rotatable bonds is 6. The minimum atomic E-state index is -0.293. The van der Waals surface area contributed by atoms with E-state index in [1.54, 1.807) is 7.11 Å². The lowest BCUT2D eigenvalue weighted by Crippen LogP contribution is -2.18. The lowest BCUT2D eigenvalue weighted by molar-refractivity contribution is -0.144. The Bertz CT molecular complexity index is 561. The van der Waals surface area contributed by atoms with Crippen molar-refractivity contribution in [3.8, 4) is 5.75 Å². The minimum absolute atomic E-state index is 0.188. The smallest absolute Gasteiger partial charge is 0.313 e. The molecule has 0 radical (unpaired) electrons. The van der Waals surface area contributed by atoms with Gasteiger partial charge in [0.05, 0.1) is 19.6 Å². The zero-order chi connectivity index (χ0) is 15.1. The monoisotopic (exact) mass is 284 g/mol. The Morgan fingerprint density at radius 3 is 2.29 bits per heavy atom. The molecule has 0 saturated carbocycles. The quantitative estimate of drug-likeness (QED) is 0.761. The highest BCUT2D eigenvalue weighted by Crippen LogP contribution is 2.24. The molecule has 110 valence electrons. The normalized spacial score (nSPS) is 11.7. The summed E-state index contributed by atoms with van der Waals surface area (Å²) in [6.07, 6.45) is 0.631. The fourth-order valence-corrected chi connectivity index (χ4v) is 2.27. The SMILES string of the molecule is CCOC(=O)C(Cc1ccccc1)c1ccc(OC)cc1. The lowest BCUT2D eigenvalue weighted by atomic mass is 9.92. The van der Waals surface area contributed by atoms with Gasteiger partial charge in [-0.2, -0.15) is 0 Å². The molecule has 21 heavy (non-hydrogen) atoms. The van der Waals surface area contributed by atoms with Gasteiger partial charge in [-0.05, 0) is 36.6 Å². The summed E-state index contributed by atoms with van der Waals surface area (Å²) in [7, 11) is 1.63. The van der Waals surface area contributed by atoms with Crippen LogP contribution < -0.4 is 4.74 Å². The molecule has 2 aromatic carbocycles. The Morgan fingerprint density at radius 1 is 1.05 bits per heavy atom. The number of hydrogen-bond acceptors (Lipinski definition) is 3. The van der Waals surface area contributed by atoms with Gasteiger partial charge in [0.2, 0.25) is 0 Å². The summed E-state index contributed by atoms with van der Waals surface area (Å²) in [6, 6.07) is 17.5. The van der Waals surface area contributed by atoms with Gasteiger partial charge < -0.3 is 9.47 Å². The maximum atomic E-state index is 12.2. The van der Waals surface area contributed by atoms with Gasteiger partial charge in [-0.3, -0.25) is 4.79 Å². The van der Waals surface area contributed by atoms with Crippen molar-refractivity contribution in [2.24, 2.45) is 0 Å². The zero-order valence-corrected chi connectivity index (χ0v) is 12.4. The van der Waals surface area contributed by atoms with E-state index in [2.05, 4.69) is 0 Å². The molecule has 3 nitrogen and oxygen atoms in total. The molecule has 1 unspecified atom stereocenters. The van der Waals surface area contributed by atoms with Gasteiger partial charge in [0.25, 0.3) is 0 Å². The highest BCUT2D eigenvalue weighted by molar-refractivity contribution is 5.78. The maximum Gasteiger partial charge on any atom is 0.313 e. The Hall–Kier alpha value is -2.29. The Labute approximate surface area is 125 Å². The van der Waals surface area contributed by atoms with Crippen LogP contribution in [0.3, 0.4) is 0 Å². The summed E-state index contributed by atoms with van der Waals surface area (Å²) in [5, 5.41) is 0. The fraction of sp³-hybridized carbons (Fsp3) is 0.278. The molecule has 0 N–H and O–H groups in total. The largest absolute Gasteiger partial charge is 0.497 e. The number of benzene rings is 2. The number of hydrogen-bond donors (Lipinski definition) is 0. The topological polar surface area (TPSA) is 35.5 Å². The van der Waals surface area contributed by atoms with Crippen LogP contribution in [0.2, 0.25) is 0 Å². The molecule has 0 heterocycles. The Morgan fingerprint density at radius 2 is 1.71 bits per heavy atom. The van der Waals surface area contributed by atoms with Gasteiger partial charge in [0.15, 0.2) is 0 Å². The minimum Gasteiger partial charge on any atom is -0.497 e. The summed E-state index contributed by atoms with van der Waals surface area (Å²) in [5.74, 6) is 0.297. The first kappa shape index (κ1) is 15.1. The molecule has 0 aliphatic rings. The van der Waals surface area contributed by atoms with Crippen LogP contribution in [0, 0.1) is 0 Å². The molecular formula is C18H20O3. The van der Waals surface area contributed by atoms with E-state index in [0.29, 0.717) is 13.0 Å². The number of carbonyl (C=O) groups is 1. The van der Waals surface area contributed by atoms with Crippen molar-refractivity contribution >= 4 is 5.97 Å². The number of carbonyl (C=O) groups excluding carboxylic acids is 1. The first-order valence-corrected chi connectivity index (χ1v) is 7.09. The number of esters is 1. The van der Waals surface area contributed by atoms with E-state index in [0.717, 1.165) is 16.9 Å². The first-order valence-electron chi connectivity index (χ1n) is 7.09. The Kier molecular flexibility index (Phi) is 5.38. The first-order chi connectivity index (χ1) is 10.2. The van der Waals surface area contributed by atoms with Crippen molar-refractivity contribution in [3.05, 3.63) is 65.7 Å². The van der Waals surface area contributed by atoms with E-state index in [1.807, 2.05) is 61.5 Å². The molecule has 0 amide bonds. The van der Waals surface area contributed by atoms with E-state index in [4.69, 9.17) is 9.47 Å². The van der Waals surface area contributed by atoms with Crippen LogP contribution in [-0.4, -0.2) is 19.7 Å². The molecule has 0 aliphatic heterocycles. The van der Waals surface area contributed by atoms with Crippen molar-refractivity contribution in [2.75, 3.05) is 13.7 Å². The third-order valence-electron chi connectivity index (χ3n) is 3.37.